The van der Waals surface area contributed by atoms with E-state index in [2.05, 4.69) is 36.1 Å². The fourth-order valence-electron chi connectivity index (χ4n) is 1.52. The van der Waals surface area contributed by atoms with Crippen molar-refractivity contribution in [3.63, 3.8) is 0 Å². The second kappa shape index (κ2) is 4.40. The summed E-state index contributed by atoms with van der Waals surface area (Å²) < 4.78 is 0. The van der Waals surface area contributed by atoms with E-state index in [1.54, 1.807) is 0 Å². The smallest absolute Gasteiger partial charge is 0.132 e. The largest absolute Gasteiger partial charge is 0.373 e. The van der Waals surface area contributed by atoms with Crippen molar-refractivity contribution in [1.29, 1.82) is 0 Å². The lowest BCUT2D eigenvalue weighted by Crippen LogP contribution is -2.07. The standard InChI is InChI=1S/C11H19N3/c1-7(2)6-10-8(3)11(12-5)14-9(4)13-10/h7H,6H2,1-5H3,(H,12,13,14). The molecule has 0 aliphatic rings. The van der Waals surface area contributed by atoms with Gasteiger partial charge in [-0.1, -0.05) is 13.8 Å². The lowest BCUT2D eigenvalue weighted by molar-refractivity contribution is 0.629. The molecule has 1 aromatic heterocycles. The molecular formula is C11H19N3. The van der Waals surface area contributed by atoms with Gasteiger partial charge in [0.25, 0.3) is 0 Å². The summed E-state index contributed by atoms with van der Waals surface area (Å²) in [5.74, 6) is 2.43. The summed E-state index contributed by atoms with van der Waals surface area (Å²) in [4.78, 5) is 8.81. The Bertz CT molecular complexity index is 319. The Labute approximate surface area is 86.0 Å². The molecule has 14 heavy (non-hydrogen) atoms. The summed E-state index contributed by atoms with van der Waals surface area (Å²) >= 11 is 0. The number of aromatic nitrogens is 2. The fourth-order valence-corrected chi connectivity index (χ4v) is 1.52. The quantitative estimate of drug-likeness (QED) is 0.800. The van der Waals surface area contributed by atoms with E-state index in [0.717, 1.165) is 23.8 Å². The molecule has 3 heteroatoms. The molecule has 0 amide bonds. The summed E-state index contributed by atoms with van der Waals surface area (Å²) in [6.07, 6.45) is 1.02. The molecule has 0 atom stereocenters. The maximum Gasteiger partial charge on any atom is 0.132 e. The number of hydrogen-bond donors (Lipinski definition) is 1. The number of nitrogens with one attached hydrogen (secondary N) is 1. The highest BCUT2D eigenvalue weighted by molar-refractivity contribution is 5.45. The minimum atomic E-state index is 0.632. The normalized spacial score (nSPS) is 10.7. The van der Waals surface area contributed by atoms with E-state index in [1.165, 1.54) is 5.56 Å². The van der Waals surface area contributed by atoms with Crippen molar-refractivity contribution in [2.24, 2.45) is 5.92 Å². The Balaban J connectivity index is 3.08. The van der Waals surface area contributed by atoms with Crippen molar-refractivity contribution < 1.29 is 0 Å². The molecular weight excluding hydrogens is 174 g/mol. The van der Waals surface area contributed by atoms with E-state index in [0.29, 0.717) is 5.92 Å². The molecule has 0 spiro atoms. The third-order valence-electron chi connectivity index (χ3n) is 2.20. The molecule has 0 radical (unpaired) electrons. The highest BCUT2D eigenvalue weighted by Crippen LogP contribution is 2.17. The van der Waals surface area contributed by atoms with Crippen LogP contribution in [-0.2, 0) is 6.42 Å². The maximum absolute atomic E-state index is 4.47. The first kappa shape index (κ1) is 11.0. The van der Waals surface area contributed by atoms with Crippen LogP contribution in [0.2, 0.25) is 0 Å². The Morgan fingerprint density at radius 2 is 1.86 bits per heavy atom. The summed E-state index contributed by atoms with van der Waals surface area (Å²) in [6.45, 7) is 8.42. The van der Waals surface area contributed by atoms with Crippen LogP contribution >= 0.6 is 0 Å². The van der Waals surface area contributed by atoms with Gasteiger partial charge in [0.15, 0.2) is 0 Å². The average Bonchev–Trinajstić information content (AvgIpc) is 2.09. The predicted molar refractivity (Wildman–Crippen MR) is 59.6 cm³/mol. The molecule has 3 nitrogen and oxygen atoms in total. The summed E-state index contributed by atoms with van der Waals surface area (Å²) in [5, 5.41) is 3.10. The van der Waals surface area contributed by atoms with Gasteiger partial charge in [-0.2, -0.15) is 0 Å². The number of nitrogens with zero attached hydrogens (tertiary/aromatic N) is 2. The Hall–Kier alpha value is -1.12. The first-order valence-electron chi connectivity index (χ1n) is 5.06. The summed E-state index contributed by atoms with van der Waals surface area (Å²) in [7, 11) is 1.90. The second-order valence-corrected chi connectivity index (χ2v) is 4.04. The maximum atomic E-state index is 4.47. The van der Waals surface area contributed by atoms with E-state index in [4.69, 9.17) is 0 Å². The first-order chi connectivity index (χ1) is 6.54. The zero-order valence-electron chi connectivity index (χ0n) is 9.68. The van der Waals surface area contributed by atoms with Crippen LogP contribution in [0.15, 0.2) is 0 Å². The third kappa shape index (κ3) is 2.44. The molecule has 1 aromatic rings. The molecule has 1 rings (SSSR count). The van der Waals surface area contributed by atoms with Crippen LogP contribution in [0.1, 0.15) is 30.9 Å². The van der Waals surface area contributed by atoms with Crippen LogP contribution in [0, 0.1) is 19.8 Å². The van der Waals surface area contributed by atoms with Crippen molar-refractivity contribution >= 4 is 5.82 Å². The molecule has 1 heterocycles. The minimum Gasteiger partial charge on any atom is -0.373 e. The fraction of sp³-hybridized carbons (Fsp3) is 0.636. The van der Waals surface area contributed by atoms with E-state index in [9.17, 15) is 0 Å². The number of aryl methyl sites for hydroxylation is 1. The first-order valence-corrected chi connectivity index (χ1v) is 5.06. The van der Waals surface area contributed by atoms with Gasteiger partial charge in [0.2, 0.25) is 0 Å². The molecule has 0 saturated carbocycles. The molecule has 0 aromatic carbocycles. The zero-order valence-corrected chi connectivity index (χ0v) is 9.68. The van der Waals surface area contributed by atoms with Gasteiger partial charge in [-0.15, -0.1) is 0 Å². The molecule has 1 N–H and O–H groups in total. The van der Waals surface area contributed by atoms with Crippen LogP contribution in [0.3, 0.4) is 0 Å². The molecule has 0 bridgehead atoms. The van der Waals surface area contributed by atoms with Crippen molar-refractivity contribution in [3.8, 4) is 0 Å². The van der Waals surface area contributed by atoms with E-state index in [1.807, 2.05) is 14.0 Å². The van der Waals surface area contributed by atoms with Crippen LogP contribution in [0.25, 0.3) is 0 Å². The van der Waals surface area contributed by atoms with Gasteiger partial charge >= 0.3 is 0 Å². The Morgan fingerprint density at radius 3 is 2.36 bits per heavy atom. The summed E-state index contributed by atoms with van der Waals surface area (Å²) in [5.41, 5.74) is 2.34. The van der Waals surface area contributed by atoms with Crippen LogP contribution < -0.4 is 5.32 Å². The predicted octanol–water partition coefficient (Wildman–Crippen LogP) is 2.33. The minimum absolute atomic E-state index is 0.632. The van der Waals surface area contributed by atoms with Crippen molar-refractivity contribution in [3.05, 3.63) is 17.1 Å². The van der Waals surface area contributed by atoms with Crippen LogP contribution in [-0.4, -0.2) is 17.0 Å². The third-order valence-corrected chi connectivity index (χ3v) is 2.20. The van der Waals surface area contributed by atoms with Crippen molar-refractivity contribution in [1.82, 2.24) is 9.97 Å². The Kier molecular flexibility index (Phi) is 3.44. The topological polar surface area (TPSA) is 37.8 Å². The van der Waals surface area contributed by atoms with E-state index in [-0.39, 0.29) is 0 Å². The SMILES string of the molecule is CNc1nc(C)nc(CC(C)C)c1C. The van der Waals surface area contributed by atoms with Crippen LogP contribution in [0.4, 0.5) is 5.82 Å². The van der Waals surface area contributed by atoms with Gasteiger partial charge in [0, 0.05) is 18.3 Å². The summed E-state index contributed by atoms with van der Waals surface area (Å²) in [6, 6.07) is 0. The second-order valence-electron chi connectivity index (χ2n) is 4.04. The molecule has 78 valence electrons. The molecule has 0 unspecified atom stereocenters. The highest BCUT2D eigenvalue weighted by Gasteiger charge is 2.08. The van der Waals surface area contributed by atoms with Gasteiger partial charge in [-0.05, 0) is 26.2 Å². The lowest BCUT2D eigenvalue weighted by Gasteiger charge is -2.12. The molecule has 0 saturated heterocycles. The molecule has 0 fully saturated rings. The van der Waals surface area contributed by atoms with Gasteiger partial charge in [-0.25, -0.2) is 9.97 Å². The lowest BCUT2D eigenvalue weighted by atomic mass is 10.0. The molecule has 0 aliphatic heterocycles. The van der Waals surface area contributed by atoms with Gasteiger partial charge < -0.3 is 5.32 Å². The zero-order chi connectivity index (χ0) is 10.7. The van der Waals surface area contributed by atoms with Crippen molar-refractivity contribution in [2.75, 3.05) is 12.4 Å². The van der Waals surface area contributed by atoms with Crippen molar-refractivity contribution in [2.45, 2.75) is 34.1 Å². The van der Waals surface area contributed by atoms with Gasteiger partial charge in [-0.3, -0.25) is 0 Å². The van der Waals surface area contributed by atoms with Gasteiger partial charge in [0.1, 0.15) is 11.6 Å². The van der Waals surface area contributed by atoms with E-state index >= 15 is 0 Å². The monoisotopic (exact) mass is 193 g/mol. The average molecular weight is 193 g/mol. The Morgan fingerprint density at radius 1 is 1.21 bits per heavy atom. The molecule has 0 aliphatic carbocycles. The van der Waals surface area contributed by atoms with E-state index < -0.39 is 0 Å². The van der Waals surface area contributed by atoms with Crippen LogP contribution in [0.5, 0.6) is 0 Å². The van der Waals surface area contributed by atoms with Gasteiger partial charge in [0.05, 0.1) is 0 Å². The highest BCUT2D eigenvalue weighted by atomic mass is 15.0. The number of anilines is 1. The number of hydrogen-bond acceptors (Lipinski definition) is 3. The number of rotatable bonds is 3.